The number of hydrogen-bond acceptors (Lipinski definition) is 3. The van der Waals surface area contributed by atoms with Gasteiger partial charge in [-0.2, -0.15) is 13.2 Å². The van der Waals surface area contributed by atoms with E-state index in [1.54, 1.807) is 6.92 Å². The van der Waals surface area contributed by atoms with Crippen LogP contribution in [0.5, 0.6) is 0 Å². The van der Waals surface area contributed by atoms with E-state index in [1.807, 2.05) is 0 Å². The minimum atomic E-state index is -4.45. The van der Waals surface area contributed by atoms with Crippen LogP contribution in [0.4, 0.5) is 13.2 Å². The molecule has 1 unspecified atom stereocenters. The molecule has 0 aromatic carbocycles. The standard InChI is InChI=1S/C9H16F3NO3/c1-2-3-8(4-13,7(14)15)5-16-6-9(10,11)12/h2-6,13H2,1H3,(H,14,15). The van der Waals surface area contributed by atoms with Crippen molar-refractivity contribution in [1.82, 2.24) is 0 Å². The number of alkyl halides is 3. The Morgan fingerprint density at radius 1 is 1.38 bits per heavy atom. The summed E-state index contributed by atoms with van der Waals surface area (Å²) in [6.45, 7) is -0.483. The third kappa shape index (κ3) is 4.80. The van der Waals surface area contributed by atoms with E-state index in [0.29, 0.717) is 6.42 Å². The van der Waals surface area contributed by atoms with Crippen molar-refractivity contribution in [2.75, 3.05) is 19.8 Å². The number of rotatable bonds is 7. The predicted molar refractivity (Wildman–Crippen MR) is 50.9 cm³/mol. The SMILES string of the molecule is CCCC(CN)(COCC(F)(F)F)C(=O)O. The van der Waals surface area contributed by atoms with Crippen molar-refractivity contribution in [2.24, 2.45) is 11.1 Å². The van der Waals surface area contributed by atoms with Gasteiger partial charge >= 0.3 is 12.1 Å². The second-order valence-corrected chi connectivity index (χ2v) is 3.65. The summed E-state index contributed by atoms with van der Waals surface area (Å²) in [6.07, 6.45) is -3.75. The van der Waals surface area contributed by atoms with Crippen molar-refractivity contribution in [2.45, 2.75) is 25.9 Å². The molecule has 0 saturated carbocycles. The molecule has 3 N–H and O–H groups in total. The highest BCUT2D eigenvalue weighted by molar-refractivity contribution is 5.75. The van der Waals surface area contributed by atoms with E-state index in [9.17, 15) is 18.0 Å². The molecule has 0 heterocycles. The van der Waals surface area contributed by atoms with Crippen LogP contribution in [0.15, 0.2) is 0 Å². The zero-order valence-electron chi connectivity index (χ0n) is 9.01. The summed E-state index contributed by atoms with van der Waals surface area (Å²) >= 11 is 0. The van der Waals surface area contributed by atoms with E-state index in [0.717, 1.165) is 0 Å². The Labute approximate surface area is 91.6 Å². The lowest BCUT2D eigenvalue weighted by molar-refractivity contribution is -0.186. The zero-order chi connectivity index (χ0) is 12.8. The Morgan fingerprint density at radius 2 is 1.94 bits per heavy atom. The molecule has 0 rings (SSSR count). The molecule has 0 aromatic rings. The number of carboxylic acids is 1. The number of ether oxygens (including phenoxy) is 1. The first-order chi connectivity index (χ1) is 7.27. The van der Waals surface area contributed by atoms with Crippen LogP contribution in [0.1, 0.15) is 19.8 Å². The highest BCUT2D eigenvalue weighted by Crippen LogP contribution is 2.25. The highest BCUT2D eigenvalue weighted by atomic mass is 19.4. The van der Waals surface area contributed by atoms with Crippen LogP contribution in [0.25, 0.3) is 0 Å². The first-order valence-electron chi connectivity index (χ1n) is 4.85. The van der Waals surface area contributed by atoms with Crippen LogP contribution in [-0.2, 0) is 9.53 Å². The van der Waals surface area contributed by atoms with Crippen molar-refractivity contribution in [3.63, 3.8) is 0 Å². The van der Waals surface area contributed by atoms with Crippen molar-refractivity contribution in [3.8, 4) is 0 Å². The van der Waals surface area contributed by atoms with Gasteiger partial charge in [0.15, 0.2) is 0 Å². The molecule has 0 aliphatic heterocycles. The number of carbonyl (C=O) groups is 1. The minimum Gasteiger partial charge on any atom is -0.481 e. The predicted octanol–water partition coefficient (Wildman–Crippen LogP) is 1.40. The summed E-state index contributed by atoms with van der Waals surface area (Å²) in [5.74, 6) is -1.22. The van der Waals surface area contributed by atoms with Gasteiger partial charge in [-0.25, -0.2) is 0 Å². The Bertz CT molecular complexity index is 233. The average molecular weight is 243 g/mol. The Kier molecular flexibility index (Phi) is 5.74. The highest BCUT2D eigenvalue weighted by Gasteiger charge is 2.38. The van der Waals surface area contributed by atoms with E-state index in [2.05, 4.69) is 4.74 Å². The Balaban J connectivity index is 4.38. The molecule has 0 bridgehead atoms. The number of halogens is 3. The molecule has 0 spiro atoms. The van der Waals surface area contributed by atoms with Crippen LogP contribution in [0.2, 0.25) is 0 Å². The summed E-state index contributed by atoms with van der Waals surface area (Å²) in [5.41, 5.74) is 3.89. The van der Waals surface area contributed by atoms with Gasteiger partial charge in [-0.3, -0.25) is 4.79 Å². The largest absolute Gasteiger partial charge is 0.481 e. The Hall–Kier alpha value is -0.820. The second-order valence-electron chi connectivity index (χ2n) is 3.65. The van der Waals surface area contributed by atoms with Crippen molar-refractivity contribution >= 4 is 5.97 Å². The molecule has 0 aromatic heterocycles. The van der Waals surface area contributed by atoms with Gasteiger partial charge in [0.05, 0.1) is 6.61 Å². The van der Waals surface area contributed by atoms with Crippen LogP contribution < -0.4 is 5.73 Å². The van der Waals surface area contributed by atoms with Gasteiger partial charge in [0, 0.05) is 6.54 Å². The first-order valence-corrected chi connectivity index (χ1v) is 4.85. The molecule has 0 radical (unpaired) electrons. The molecule has 0 aliphatic carbocycles. The lowest BCUT2D eigenvalue weighted by Crippen LogP contribution is -2.43. The fourth-order valence-corrected chi connectivity index (χ4v) is 1.33. The number of hydrogen-bond donors (Lipinski definition) is 2. The molecular formula is C9H16F3NO3. The summed E-state index contributed by atoms with van der Waals surface area (Å²) in [6, 6.07) is 0. The summed E-state index contributed by atoms with van der Waals surface area (Å²) in [7, 11) is 0. The van der Waals surface area contributed by atoms with Gasteiger partial charge in [0.2, 0.25) is 0 Å². The van der Waals surface area contributed by atoms with Gasteiger partial charge in [-0.15, -0.1) is 0 Å². The van der Waals surface area contributed by atoms with Crippen LogP contribution >= 0.6 is 0 Å². The molecule has 4 nitrogen and oxygen atoms in total. The second kappa shape index (κ2) is 6.05. The topological polar surface area (TPSA) is 72.5 Å². The lowest BCUT2D eigenvalue weighted by Gasteiger charge is -2.27. The maximum Gasteiger partial charge on any atom is 0.411 e. The summed E-state index contributed by atoms with van der Waals surface area (Å²) in [4.78, 5) is 11.0. The molecule has 0 aliphatic rings. The molecule has 0 saturated heterocycles. The van der Waals surface area contributed by atoms with Gasteiger partial charge < -0.3 is 15.6 Å². The van der Waals surface area contributed by atoms with Crippen LogP contribution in [0, 0.1) is 5.41 Å². The third-order valence-electron chi connectivity index (χ3n) is 2.22. The Morgan fingerprint density at radius 3 is 2.25 bits per heavy atom. The molecular weight excluding hydrogens is 227 g/mol. The quantitative estimate of drug-likeness (QED) is 0.708. The molecule has 0 fully saturated rings. The van der Waals surface area contributed by atoms with Gasteiger partial charge in [-0.1, -0.05) is 13.3 Å². The minimum absolute atomic E-state index is 0.191. The monoisotopic (exact) mass is 243 g/mol. The average Bonchev–Trinajstić information content (AvgIpc) is 2.14. The van der Waals surface area contributed by atoms with E-state index in [1.165, 1.54) is 0 Å². The van der Waals surface area contributed by atoms with E-state index in [4.69, 9.17) is 10.8 Å². The molecule has 1 atom stereocenters. The maximum absolute atomic E-state index is 11.8. The number of carboxylic acid groups (broad SMARTS) is 1. The molecule has 0 amide bonds. The van der Waals surface area contributed by atoms with Crippen molar-refractivity contribution < 1.29 is 27.8 Å². The summed E-state index contributed by atoms with van der Waals surface area (Å²) < 4.78 is 39.8. The van der Waals surface area contributed by atoms with Gasteiger partial charge in [-0.05, 0) is 6.42 Å². The normalized spacial score (nSPS) is 15.8. The van der Waals surface area contributed by atoms with Crippen molar-refractivity contribution in [3.05, 3.63) is 0 Å². The fourth-order valence-electron chi connectivity index (χ4n) is 1.33. The van der Waals surface area contributed by atoms with E-state index >= 15 is 0 Å². The molecule has 7 heteroatoms. The van der Waals surface area contributed by atoms with Crippen LogP contribution in [-0.4, -0.2) is 37.0 Å². The van der Waals surface area contributed by atoms with Crippen molar-refractivity contribution in [1.29, 1.82) is 0 Å². The van der Waals surface area contributed by atoms with Gasteiger partial charge in [0.25, 0.3) is 0 Å². The van der Waals surface area contributed by atoms with E-state index < -0.39 is 30.8 Å². The maximum atomic E-state index is 11.8. The third-order valence-corrected chi connectivity index (χ3v) is 2.22. The number of aliphatic carboxylic acids is 1. The summed E-state index contributed by atoms with van der Waals surface area (Å²) in [5, 5.41) is 8.94. The smallest absolute Gasteiger partial charge is 0.411 e. The van der Waals surface area contributed by atoms with E-state index in [-0.39, 0.29) is 13.0 Å². The molecule has 16 heavy (non-hydrogen) atoms. The zero-order valence-corrected chi connectivity index (χ0v) is 9.01. The lowest BCUT2D eigenvalue weighted by atomic mass is 9.84. The first kappa shape index (κ1) is 15.2. The fraction of sp³-hybridized carbons (Fsp3) is 0.889. The number of nitrogens with two attached hydrogens (primary N) is 1. The van der Waals surface area contributed by atoms with Crippen LogP contribution in [0.3, 0.4) is 0 Å². The van der Waals surface area contributed by atoms with Gasteiger partial charge in [0.1, 0.15) is 12.0 Å². The molecule has 96 valence electrons.